The molecule has 0 atom stereocenters. The number of anilines is 2. The zero-order chi connectivity index (χ0) is 24.1. The summed E-state index contributed by atoms with van der Waals surface area (Å²) in [7, 11) is 0. The van der Waals surface area contributed by atoms with Gasteiger partial charge in [0.2, 0.25) is 0 Å². The average Bonchev–Trinajstić information content (AvgIpc) is 3.47. The summed E-state index contributed by atoms with van der Waals surface area (Å²) >= 11 is 3.86. The van der Waals surface area contributed by atoms with Crippen molar-refractivity contribution in [2.45, 2.75) is 43.9 Å². The van der Waals surface area contributed by atoms with Crippen molar-refractivity contribution >= 4 is 74.4 Å². The van der Waals surface area contributed by atoms with Crippen molar-refractivity contribution in [2.75, 3.05) is 5.32 Å². The first-order chi connectivity index (χ1) is 18.2. The predicted octanol–water partition coefficient (Wildman–Crippen LogP) is 10.6. The zero-order valence-electron chi connectivity index (χ0n) is 20.8. The van der Waals surface area contributed by atoms with Gasteiger partial charge in [0.25, 0.3) is 0 Å². The fourth-order valence-electron chi connectivity index (χ4n) is 8.79. The highest BCUT2D eigenvalue weighted by molar-refractivity contribution is 7.26. The third-order valence-electron chi connectivity index (χ3n) is 9.79. The van der Waals surface area contributed by atoms with Gasteiger partial charge in [-0.05, 0) is 104 Å². The quantitative estimate of drug-likeness (QED) is 0.247. The first-order valence-corrected chi connectivity index (χ1v) is 15.5. The molecule has 1 nitrogen and oxygen atoms in total. The lowest BCUT2D eigenvalue weighted by Gasteiger charge is -2.57. The second kappa shape index (κ2) is 7.58. The van der Waals surface area contributed by atoms with E-state index in [9.17, 15) is 0 Å². The first-order valence-electron chi connectivity index (χ1n) is 13.9. The maximum Gasteiger partial charge on any atom is 0.0590 e. The van der Waals surface area contributed by atoms with Gasteiger partial charge in [-0.2, -0.15) is 0 Å². The zero-order valence-corrected chi connectivity index (χ0v) is 22.4. The third kappa shape index (κ3) is 3.08. The van der Waals surface area contributed by atoms with Crippen LogP contribution in [0.15, 0.2) is 78.9 Å². The smallest absolute Gasteiger partial charge is 0.0590 e. The Balaban J connectivity index is 1.19. The standard InChI is InChI=1S/C34H29NS2/c1-2-9-29-24(5-1)25-6-3-8-28(33(25)37-29)35-23-11-12-30-26(16-23)32-27(7-4-10-31(32)36-30)34-17-20-13-21(18-34)15-22(14-20)19-34/h1-12,16,20-22,35H,13-15,17-19H2. The van der Waals surface area contributed by atoms with E-state index in [1.165, 1.54) is 84.9 Å². The number of fused-ring (bicyclic) bond motifs is 6. The summed E-state index contributed by atoms with van der Waals surface area (Å²) in [5.74, 6) is 2.89. The van der Waals surface area contributed by atoms with Gasteiger partial charge in [-0.3, -0.25) is 0 Å². The van der Waals surface area contributed by atoms with Crippen LogP contribution in [0.3, 0.4) is 0 Å². The normalized spacial score (nSPS) is 26.6. The Morgan fingerprint density at radius 2 is 1.32 bits per heavy atom. The second-order valence-corrected chi connectivity index (χ2v) is 14.2. The van der Waals surface area contributed by atoms with Crippen LogP contribution in [0.2, 0.25) is 0 Å². The van der Waals surface area contributed by atoms with Gasteiger partial charge in [0.15, 0.2) is 0 Å². The van der Waals surface area contributed by atoms with Crippen LogP contribution in [0.4, 0.5) is 11.4 Å². The molecule has 4 saturated carbocycles. The lowest BCUT2D eigenvalue weighted by atomic mass is 9.48. The Hall–Kier alpha value is -2.88. The van der Waals surface area contributed by atoms with Crippen LogP contribution in [-0.2, 0) is 5.41 Å². The Morgan fingerprint density at radius 3 is 2.16 bits per heavy atom. The highest BCUT2D eigenvalue weighted by Crippen LogP contribution is 2.62. The van der Waals surface area contributed by atoms with Crippen LogP contribution < -0.4 is 5.32 Å². The lowest BCUT2D eigenvalue weighted by molar-refractivity contribution is -0.00446. The molecule has 37 heavy (non-hydrogen) atoms. The van der Waals surface area contributed by atoms with Crippen molar-refractivity contribution in [3.8, 4) is 0 Å². The lowest BCUT2D eigenvalue weighted by Crippen LogP contribution is -2.48. The highest BCUT2D eigenvalue weighted by Gasteiger charge is 2.52. The van der Waals surface area contributed by atoms with E-state index in [-0.39, 0.29) is 0 Å². The number of thiophene rings is 2. The van der Waals surface area contributed by atoms with Gasteiger partial charge in [-0.15, -0.1) is 22.7 Å². The van der Waals surface area contributed by atoms with E-state index in [1.807, 2.05) is 22.7 Å². The summed E-state index contributed by atoms with van der Waals surface area (Å²) in [6, 6.07) is 29.7. The Bertz CT molecular complexity index is 1820. The molecule has 2 heterocycles. The molecule has 6 aromatic rings. The van der Waals surface area contributed by atoms with Crippen molar-refractivity contribution in [1.82, 2.24) is 0 Å². The Kier molecular flexibility index (Phi) is 4.32. The van der Waals surface area contributed by atoms with Crippen LogP contribution in [0.25, 0.3) is 40.3 Å². The fourth-order valence-corrected chi connectivity index (χ4v) is 11.1. The minimum absolute atomic E-state index is 0.411. The topological polar surface area (TPSA) is 12.0 Å². The average molecular weight is 516 g/mol. The largest absolute Gasteiger partial charge is 0.354 e. The van der Waals surface area contributed by atoms with E-state index in [1.54, 1.807) is 10.9 Å². The van der Waals surface area contributed by atoms with Gasteiger partial charge in [0.05, 0.1) is 10.4 Å². The van der Waals surface area contributed by atoms with Crippen LogP contribution in [-0.4, -0.2) is 0 Å². The maximum atomic E-state index is 3.82. The van der Waals surface area contributed by atoms with E-state index >= 15 is 0 Å². The van der Waals surface area contributed by atoms with Crippen molar-refractivity contribution in [3.63, 3.8) is 0 Å². The minimum Gasteiger partial charge on any atom is -0.354 e. The Morgan fingerprint density at radius 1 is 0.622 bits per heavy atom. The van der Waals surface area contributed by atoms with Crippen LogP contribution >= 0.6 is 22.7 Å². The molecule has 0 spiro atoms. The summed E-state index contributed by atoms with van der Waals surface area (Å²) in [6.07, 6.45) is 8.74. The molecule has 0 saturated heterocycles. The molecule has 4 aliphatic carbocycles. The SMILES string of the molecule is c1ccc2c(c1)sc1c(Nc3ccc4sc5cccc(C67CC8CC(CC(C8)C6)C7)c5c4c3)cccc12. The molecule has 0 aliphatic heterocycles. The van der Waals surface area contributed by atoms with Crippen molar-refractivity contribution < 1.29 is 0 Å². The number of hydrogen-bond acceptors (Lipinski definition) is 3. The molecule has 182 valence electrons. The number of hydrogen-bond donors (Lipinski definition) is 1. The third-order valence-corrected chi connectivity index (χ3v) is 12.1. The van der Waals surface area contributed by atoms with Gasteiger partial charge in [0, 0.05) is 41.3 Å². The molecule has 1 N–H and O–H groups in total. The molecular formula is C34H29NS2. The fraction of sp³-hybridized carbons (Fsp3) is 0.294. The minimum atomic E-state index is 0.411. The number of nitrogens with one attached hydrogen (secondary N) is 1. The second-order valence-electron chi connectivity index (χ2n) is 12.1. The van der Waals surface area contributed by atoms with Crippen LogP contribution in [0.1, 0.15) is 44.1 Å². The molecule has 3 heteroatoms. The Labute approximate surface area is 225 Å². The molecule has 0 unspecified atom stereocenters. The summed E-state index contributed by atoms with van der Waals surface area (Å²) < 4.78 is 5.57. The van der Waals surface area contributed by atoms with Gasteiger partial charge in [-0.1, -0.05) is 42.5 Å². The van der Waals surface area contributed by atoms with Crippen molar-refractivity contribution in [1.29, 1.82) is 0 Å². The molecule has 0 amide bonds. The maximum absolute atomic E-state index is 3.82. The van der Waals surface area contributed by atoms with E-state index in [2.05, 4.69) is 84.2 Å². The highest BCUT2D eigenvalue weighted by atomic mass is 32.1. The predicted molar refractivity (Wildman–Crippen MR) is 162 cm³/mol. The summed E-state index contributed by atoms with van der Waals surface area (Å²) in [6.45, 7) is 0. The van der Waals surface area contributed by atoms with Crippen molar-refractivity contribution in [3.05, 3.63) is 84.4 Å². The molecule has 4 aromatic carbocycles. The number of benzene rings is 4. The van der Waals surface area contributed by atoms with Crippen LogP contribution in [0.5, 0.6) is 0 Å². The van der Waals surface area contributed by atoms with E-state index in [0.717, 1.165) is 17.8 Å². The summed E-state index contributed by atoms with van der Waals surface area (Å²) in [5.41, 5.74) is 4.48. The molecule has 4 aliphatic rings. The van der Waals surface area contributed by atoms with Gasteiger partial charge in [-0.25, -0.2) is 0 Å². The summed E-state index contributed by atoms with van der Waals surface area (Å²) in [4.78, 5) is 0. The van der Waals surface area contributed by atoms with Crippen LogP contribution in [0, 0.1) is 17.8 Å². The molecule has 4 fully saturated rings. The van der Waals surface area contributed by atoms with E-state index < -0.39 is 0 Å². The molecule has 0 radical (unpaired) electrons. The van der Waals surface area contributed by atoms with Gasteiger partial charge < -0.3 is 5.32 Å². The van der Waals surface area contributed by atoms with Crippen molar-refractivity contribution in [2.24, 2.45) is 17.8 Å². The number of rotatable bonds is 3. The molecular weight excluding hydrogens is 487 g/mol. The summed E-state index contributed by atoms with van der Waals surface area (Å²) in [5, 5.41) is 9.51. The molecule has 4 bridgehead atoms. The van der Waals surface area contributed by atoms with Gasteiger partial charge in [0.1, 0.15) is 0 Å². The first kappa shape index (κ1) is 21.1. The monoisotopic (exact) mass is 515 g/mol. The molecule has 10 rings (SSSR count). The van der Waals surface area contributed by atoms with E-state index in [4.69, 9.17) is 0 Å². The van der Waals surface area contributed by atoms with Gasteiger partial charge >= 0.3 is 0 Å². The van der Waals surface area contributed by atoms with E-state index in [0.29, 0.717) is 5.41 Å². The molecule has 2 aromatic heterocycles.